The van der Waals surface area contributed by atoms with Crippen molar-refractivity contribution < 1.29 is 29.3 Å². The summed E-state index contributed by atoms with van der Waals surface area (Å²) in [4.78, 5) is 23.9. The van der Waals surface area contributed by atoms with E-state index in [1.165, 1.54) is 116 Å². The molecular formula is C41H74O6. The molecule has 0 aromatic heterocycles. The Hall–Kier alpha value is -1.92. The Labute approximate surface area is 289 Å². The fourth-order valence-corrected chi connectivity index (χ4v) is 5.45. The molecule has 6 nitrogen and oxygen atoms in total. The number of hydrogen-bond acceptors (Lipinski definition) is 6. The second-order valence-corrected chi connectivity index (χ2v) is 13.3. The summed E-state index contributed by atoms with van der Waals surface area (Å²) >= 11 is 0. The summed E-state index contributed by atoms with van der Waals surface area (Å²) in [5.41, 5.74) is 0. The van der Waals surface area contributed by atoms with Crippen molar-refractivity contribution in [3.8, 4) is 0 Å². The third-order valence-electron chi connectivity index (χ3n) is 8.48. The van der Waals surface area contributed by atoms with Gasteiger partial charge in [0.25, 0.3) is 0 Å². The van der Waals surface area contributed by atoms with Gasteiger partial charge in [0.05, 0.1) is 6.10 Å². The Kier molecular flexibility index (Phi) is 35.4. The number of rotatable bonds is 35. The van der Waals surface area contributed by atoms with E-state index in [4.69, 9.17) is 9.47 Å². The zero-order valence-corrected chi connectivity index (χ0v) is 30.7. The quantitative estimate of drug-likeness (QED) is 0.0304. The molecule has 0 heterocycles. The summed E-state index contributed by atoms with van der Waals surface area (Å²) in [5.74, 6) is -0.751. The van der Waals surface area contributed by atoms with Crippen LogP contribution in [0.1, 0.15) is 187 Å². The maximum absolute atomic E-state index is 12.0. The van der Waals surface area contributed by atoms with Gasteiger partial charge in [0.15, 0.2) is 0 Å². The fraction of sp³-hybridized carbons (Fsp3) is 0.805. The number of esters is 2. The molecule has 0 aliphatic heterocycles. The largest absolute Gasteiger partial charge is 0.463 e. The Balaban J connectivity index is 3.60. The van der Waals surface area contributed by atoms with Gasteiger partial charge in [-0.25, -0.2) is 0 Å². The van der Waals surface area contributed by atoms with E-state index < -0.39 is 18.2 Å². The first kappa shape index (κ1) is 45.1. The molecule has 0 aliphatic carbocycles. The molecule has 1 unspecified atom stereocenters. The highest BCUT2D eigenvalue weighted by atomic mass is 16.6. The van der Waals surface area contributed by atoms with Crippen LogP contribution in [0.4, 0.5) is 0 Å². The normalized spacial score (nSPS) is 13.2. The van der Waals surface area contributed by atoms with Gasteiger partial charge < -0.3 is 19.7 Å². The van der Waals surface area contributed by atoms with Crippen LogP contribution in [0.15, 0.2) is 36.5 Å². The zero-order chi connectivity index (χ0) is 34.5. The van der Waals surface area contributed by atoms with Crippen molar-refractivity contribution in [2.75, 3.05) is 13.2 Å². The Morgan fingerprint density at radius 2 is 0.979 bits per heavy atom. The van der Waals surface area contributed by atoms with E-state index in [0.29, 0.717) is 19.3 Å². The summed E-state index contributed by atoms with van der Waals surface area (Å²) in [6.07, 6.45) is 40.9. The predicted molar refractivity (Wildman–Crippen MR) is 197 cm³/mol. The highest BCUT2D eigenvalue weighted by Crippen LogP contribution is 2.14. The summed E-state index contributed by atoms with van der Waals surface area (Å²) in [6, 6.07) is 0. The maximum Gasteiger partial charge on any atom is 0.305 e. The van der Waals surface area contributed by atoms with Crippen molar-refractivity contribution in [3.05, 3.63) is 36.5 Å². The van der Waals surface area contributed by atoms with Crippen molar-refractivity contribution in [1.82, 2.24) is 0 Å². The summed E-state index contributed by atoms with van der Waals surface area (Å²) in [7, 11) is 0. The van der Waals surface area contributed by atoms with Crippen LogP contribution in [0.25, 0.3) is 0 Å². The van der Waals surface area contributed by atoms with Crippen molar-refractivity contribution in [2.24, 2.45) is 0 Å². The molecular weight excluding hydrogens is 588 g/mol. The molecule has 2 N–H and O–H groups in total. The molecule has 0 radical (unpaired) electrons. The number of aliphatic hydroxyl groups is 2. The molecule has 2 atom stereocenters. The van der Waals surface area contributed by atoms with Crippen LogP contribution < -0.4 is 0 Å². The third-order valence-corrected chi connectivity index (χ3v) is 8.48. The lowest BCUT2D eigenvalue weighted by Crippen LogP contribution is -2.25. The minimum atomic E-state index is -1.03. The molecule has 0 fully saturated rings. The lowest BCUT2D eigenvalue weighted by Gasteiger charge is -2.12. The Morgan fingerprint density at radius 3 is 1.49 bits per heavy atom. The van der Waals surface area contributed by atoms with E-state index in [1.807, 2.05) is 12.2 Å². The highest BCUT2D eigenvalue weighted by Gasteiger charge is 2.12. The second kappa shape index (κ2) is 36.9. The number of ether oxygens (including phenoxy) is 2. The minimum absolute atomic E-state index is 0.163. The second-order valence-electron chi connectivity index (χ2n) is 13.3. The lowest BCUT2D eigenvalue weighted by atomic mass is 10.0. The Bertz CT molecular complexity index is 774. The van der Waals surface area contributed by atoms with Gasteiger partial charge >= 0.3 is 11.9 Å². The fourth-order valence-electron chi connectivity index (χ4n) is 5.45. The smallest absolute Gasteiger partial charge is 0.305 e. The number of aliphatic hydroxyl groups excluding tert-OH is 2. The van der Waals surface area contributed by atoms with Crippen LogP contribution in [-0.4, -0.2) is 47.6 Å². The molecule has 0 spiro atoms. The first-order valence-electron chi connectivity index (χ1n) is 19.6. The number of carbonyl (C=O) groups is 2. The maximum atomic E-state index is 12.0. The monoisotopic (exact) mass is 663 g/mol. The highest BCUT2D eigenvalue weighted by molar-refractivity contribution is 5.69. The standard InChI is InChI=1S/C41H74O6/c1-3-5-7-9-11-13-15-17-18-20-22-24-26-28-30-34-40(44)46-36-39(43)37-47-41(45)35-31-33-38(42)32-29-27-25-23-21-19-16-14-12-10-8-6-4-2/h19,21,25,27,29,32,38-39,42-43H,3-18,20,22-24,26,28,30-31,33-37H2,1-2H3/b21-19+,27-25+,32-29+/t38?,39-/m0/s1. The van der Waals surface area contributed by atoms with Gasteiger partial charge in [0.2, 0.25) is 0 Å². The van der Waals surface area contributed by atoms with Gasteiger partial charge in [-0.1, -0.05) is 172 Å². The van der Waals surface area contributed by atoms with E-state index in [2.05, 4.69) is 32.1 Å². The molecule has 274 valence electrons. The molecule has 0 saturated heterocycles. The van der Waals surface area contributed by atoms with Crippen LogP contribution in [0.2, 0.25) is 0 Å². The molecule has 0 aromatic rings. The summed E-state index contributed by atoms with van der Waals surface area (Å²) in [5, 5.41) is 20.1. The van der Waals surface area contributed by atoms with Crippen LogP contribution >= 0.6 is 0 Å². The van der Waals surface area contributed by atoms with E-state index in [1.54, 1.807) is 6.08 Å². The number of hydrogen-bond donors (Lipinski definition) is 2. The van der Waals surface area contributed by atoms with E-state index in [-0.39, 0.29) is 25.6 Å². The molecule has 0 saturated carbocycles. The molecule has 0 aromatic carbocycles. The van der Waals surface area contributed by atoms with Gasteiger partial charge in [-0.15, -0.1) is 0 Å². The van der Waals surface area contributed by atoms with Gasteiger partial charge in [-0.2, -0.15) is 0 Å². The van der Waals surface area contributed by atoms with Crippen molar-refractivity contribution in [1.29, 1.82) is 0 Å². The van der Waals surface area contributed by atoms with Crippen LogP contribution in [-0.2, 0) is 19.1 Å². The van der Waals surface area contributed by atoms with Gasteiger partial charge in [0, 0.05) is 12.8 Å². The van der Waals surface area contributed by atoms with Crippen LogP contribution in [0.5, 0.6) is 0 Å². The van der Waals surface area contributed by atoms with E-state index in [9.17, 15) is 19.8 Å². The minimum Gasteiger partial charge on any atom is -0.463 e. The predicted octanol–water partition coefficient (Wildman–Crippen LogP) is 11.0. The molecule has 0 bridgehead atoms. The molecule has 0 amide bonds. The first-order chi connectivity index (χ1) is 23.0. The molecule has 6 heteroatoms. The lowest BCUT2D eigenvalue weighted by molar-refractivity contribution is -0.152. The first-order valence-corrected chi connectivity index (χ1v) is 19.6. The SMILES string of the molecule is CCCCCCCC/C=C/C/C=C/C=C/C(O)CCCC(=O)OC[C@@H](O)COC(=O)CCCCCCCCCCCCCCCCC. The van der Waals surface area contributed by atoms with Gasteiger partial charge in [-0.05, 0) is 38.5 Å². The number of carbonyl (C=O) groups excluding carboxylic acids is 2. The summed E-state index contributed by atoms with van der Waals surface area (Å²) in [6.45, 7) is 4.13. The van der Waals surface area contributed by atoms with E-state index >= 15 is 0 Å². The van der Waals surface area contributed by atoms with Crippen molar-refractivity contribution in [2.45, 2.75) is 199 Å². The van der Waals surface area contributed by atoms with Gasteiger partial charge in [-0.3, -0.25) is 9.59 Å². The molecule has 0 aliphatic rings. The number of allylic oxidation sites excluding steroid dienone is 5. The average Bonchev–Trinajstić information content (AvgIpc) is 3.06. The Morgan fingerprint density at radius 1 is 0.532 bits per heavy atom. The van der Waals surface area contributed by atoms with Crippen LogP contribution in [0, 0.1) is 0 Å². The van der Waals surface area contributed by atoms with Crippen molar-refractivity contribution >= 4 is 11.9 Å². The topological polar surface area (TPSA) is 93.1 Å². The molecule has 47 heavy (non-hydrogen) atoms. The molecule has 0 rings (SSSR count). The third kappa shape index (κ3) is 36.8. The van der Waals surface area contributed by atoms with Crippen LogP contribution in [0.3, 0.4) is 0 Å². The van der Waals surface area contributed by atoms with Gasteiger partial charge in [0.1, 0.15) is 19.3 Å². The number of unbranched alkanes of at least 4 members (excludes halogenated alkanes) is 20. The zero-order valence-electron chi connectivity index (χ0n) is 30.7. The average molecular weight is 663 g/mol. The van der Waals surface area contributed by atoms with E-state index in [0.717, 1.165) is 32.1 Å². The summed E-state index contributed by atoms with van der Waals surface area (Å²) < 4.78 is 10.2. The van der Waals surface area contributed by atoms with Crippen molar-refractivity contribution in [3.63, 3.8) is 0 Å².